The van der Waals surface area contributed by atoms with Gasteiger partial charge in [-0.05, 0) is 42.5 Å². The maximum Gasteiger partial charge on any atom is 0.416 e. The second-order valence-corrected chi connectivity index (χ2v) is 4.56. The highest BCUT2D eigenvalue weighted by Crippen LogP contribution is 2.29. The van der Waals surface area contributed by atoms with Crippen molar-refractivity contribution in [1.29, 1.82) is 0 Å². The Kier molecular flexibility index (Phi) is 3.32. The number of hydrogen-bond donors (Lipinski definition) is 1. The van der Waals surface area contributed by atoms with E-state index in [9.17, 15) is 18.0 Å². The molecule has 4 nitrogen and oxygen atoms in total. The Hall–Kier alpha value is -2.83. The summed E-state index contributed by atoms with van der Waals surface area (Å²) < 4.78 is 42.5. The van der Waals surface area contributed by atoms with Gasteiger partial charge in [-0.15, -0.1) is 0 Å². The molecule has 0 fully saturated rings. The van der Waals surface area contributed by atoms with Gasteiger partial charge in [0, 0.05) is 11.3 Å². The molecule has 3 rings (SSSR count). The van der Waals surface area contributed by atoms with E-state index in [0.717, 1.165) is 24.3 Å². The van der Waals surface area contributed by atoms with Crippen LogP contribution < -0.4 is 5.32 Å². The van der Waals surface area contributed by atoms with Gasteiger partial charge in [-0.1, -0.05) is 0 Å². The Balaban J connectivity index is 1.78. The first-order valence-corrected chi connectivity index (χ1v) is 6.25. The molecule has 0 atom stereocenters. The number of nitrogens with zero attached hydrogens (tertiary/aromatic N) is 1. The number of halogens is 3. The molecule has 1 amide bonds. The molecule has 0 radical (unpaired) electrons. The zero-order valence-corrected chi connectivity index (χ0v) is 11.0. The average Bonchev–Trinajstić information content (AvgIpc) is 2.94. The van der Waals surface area contributed by atoms with Crippen LogP contribution in [0, 0.1) is 0 Å². The lowest BCUT2D eigenvalue weighted by molar-refractivity contribution is -0.137. The number of anilines is 1. The highest BCUT2D eigenvalue weighted by molar-refractivity contribution is 6.04. The molecule has 0 saturated carbocycles. The summed E-state index contributed by atoms with van der Waals surface area (Å²) in [7, 11) is 0. The van der Waals surface area contributed by atoms with Crippen LogP contribution in [-0.2, 0) is 6.18 Å². The molecule has 0 aliphatic heterocycles. The summed E-state index contributed by atoms with van der Waals surface area (Å²) in [6.07, 6.45) is -3.14. The number of oxazole rings is 1. The van der Waals surface area contributed by atoms with Crippen LogP contribution in [-0.4, -0.2) is 10.9 Å². The smallest absolute Gasteiger partial charge is 0.416 e. The van der Waals surface area contributed by atoms with Crippen molar-refractivity contribution in [2.24, 2.45) is 0 Å². The van der Waals surface area contributed by atoms with E-state index in [1.807, 2.05) is 0 Å². The van der Waals surface area contributed by atoms with E-state index < -0.39 is 17.6 Å². The van der Waals surface area contributed by atoms with Gasteiger partial charge in [0.1, 0.15) is 5.52 Å². The van der Waals surface area contributed by atoms with Gasteiger partial charge in [0.25, 0.3) is 5.91 Å². The lowest BCUT2D eigenvalue weighted by atomic mass is 10.1. The molecule has 1 heterocycles. The Morgan fingerprint density at radius 2 is 1.82 bits per heavy atom. The van der Waals surface area contributed by atoms with Crippen LogP contribution in [0.4, 0.5) is 18.9 Å². The highest BCUT2D eigenvalue weighted by atomic mass is 19.4. The predicted octanol–water partition coefficient (Wildman–Crippen LogP) is 4.10. The number of fused-ring (bicyclic) bond motifs is 1. The summed E-state index contributed by atoms with van der Waals surface area (Å²) in [6, 6.07) is 8.88. The Bertz CT molecular complexity index is 823. The third-order valence-electron chi connectivity index (χ3n) is 3.06. The molecule has 7 heteroatoms. The number of benzene rings is 2. The van der Waals surface area contributed by atoms with Gasteiger partial charge < -0.3 is 9.73 Å². The molecule has 1 N–H and O–H groups in total. The van der Waals surface area contributed by atoms with Gasteiger partial charge in [-0.2, -0.15) is 13.2 Å². The number of amides is 1. The fraction of sp³-hybridized carbons (Fsp3) is 0.0667. The number of carbonyl (C=O) groups excluding carboxylic acids is 1. The molecule has 0 aliphatic rings. The lowest BCUT2D eigenvalue weighted by Gasteiger charge is -2.08. The van der Waals surface area contributed by atoms with Crippen molar-refractivity contribution in [2.75, 3.05) is 5.32 Å². The number of rotatable bonds is 2. The van der Waals surface area contributed by atoms with Crippen LogP contribution in [0.1, 0.15) is 15.9 Å². The molecule has 0 bridgehead atoms. The second-order valence-electron chi connectivity index (χ2n) is 4.56. The van der Waals surface area contributed by atoms with E-state index in [-0.39, 0.29) is 5.56 Å². The molecular formula is C15H9F3N2O2. The second kappa shape index (κ2) is 5.18. The quantitative estimate of drug-likeness (QED) is 0.775. The summed E-state index contributed by atoms with van der Waals surface area (Å²) in [4.78, 5) is 16.0. The monoisotopic (exact) mass is 306 g/mol. The SMILES string of the molecule is O=C(Nc1ccc2ocnc2c1)c1ccc(C(F)(F)F)cc1. The third-order valence-corrected chi connectivity index (χ3v) is 3.06. The van der Waals surface area contributed by atoms with E-state index in [1.165, 1.54) is 6.39 Å². The summed E-state index contributed by atoms with van der Waals surface area (Å²) in [5, 5.41) is 2.60. The van der Waals surface area contributed by atoms with Crippen LogP contribution in [0.2, 0.25) is 0 Å². The highest BCUT2D eigenvalue weighted by Gasteiger charge is 2.30. The van der Waals surface area contributed by atoms with Gasteiger partial charge in [0.05, 0.1) is 5.56 Å². The molecule has 2 aromatic carbocycles. The fourth-order valence-electron chi connectivity index (χ4n) is 1.95. The molecule has 0 unspecified atom stereocenters. The van der Waals surface area contributed by atoms with Crippen molar-refractivity contribution in [3.05, 3.63) is 60.0 Å². The van der Waals surface area contributed by atoms with Crippen molar-refractivity contribution in [3.8, 4) is 0 Å². The first-order valence-electron chi connectivity index (χ1n) is 6.25. The van der Waals surface area contributed by atoms with Gasteiger partial charge in [0.2, 0.25) is 0 Å². The number of carbonyl (C=O) groups is 1. The lowest BCUT2D eigenvalue weighted by Crippen LogP contribution is -2.12. The van der Waals surface area contributed by atoms with Crippen LogP contribution in [0.3, 0.4) is 0 Å². The van der Waals surface area contributed by atoms with Gasteiger partial charge in [-0.3, -0.25) is 4.79 Å². The van der Waals surface area contributed by atoms with E-state index in [1.54, 1.807) is 18.2 Å². The topological polar surface area (TPSA) is 55.1 Å². The number of hydrogen-bond acceptors (Lipinski definition) is 3. The van der Waals surface area contributed by atoms with E-state index >= 15 is 0 Å². The predicted molar refractivity (Wildman–Crippen MR) is 73.4 cm³/mol. The van der Waals surface area contributed by atoms with E-state index in [0.29, 0.717) is 16.8 Å². The van der Waals surface area contributed by atoms with Crippen LogP contribution in [0.25, 0.3) is 11.1 Å². The Morgan fingerprint density at radius 3 is 2.50 bits per heavy atom. The first kappa shape index (κ1) is 14.1. The van der Waals surface area contributed by atoms with Crippen LogP contribution >= 0.6 is 0 Å². The number of aromatic nitrogens is 1. The number of alkyl halides is 3. The first-order chi connectivity index (χ1) is 10.4. The maximum absolute atomic E-state index is 12.5. The van der Waals surface area contributed by atoms with E-state index in [4.69, 9.17) is 4.42 Å². The Labute approximate surface area is 122 Å². The third kappa shape index (κ3) is 2.78. The molecular weight excluding hydrogens is 297 g/mol. The van der Waals surface area contributed by atoms with Gasteiger partial charge in [0.15, 0.2) is 12.0 Å². The van der Waals surface area contributed by atoms with Crippen molar-refractivity contribution in [2.45, 2.75) is 6.18 Å². The van der Waals surface area contributed by atoms with E-state index in [2.05, 4.69) is 10.3 Å². The molecule has 0 aliphatic carbocycles. The van der Waals surface area contributed by atoms with Gasteiger partial charge >= 0.3 is 6.18 Å². The molecule has 3 aromatic rings. The molecule has 1 aromatic heterocycles. The van der Waals surface area contributed by atoms with Crippen LogP contribution in [0.5, 0.6) is 0 Å². The van der Waals surface area contributed by atoms with Crippen molar-refractivity contribution >= 4 is 22.7 Å². The van der Waals surface area contributed by atoms with Gasteiger partial charge in [-0.25, -0.2) is 4.98 Å². The minimum absolute atomic E-state index is 0.133. The normalized spacial score (nSPS) is 11.6. The van der Waals surface area contributed by atoms with Crippen molar-refractivity contribution in [1.82, 2.24) is 4.98 Å². The minimum atomic E-state index is -4.42. The molecule has 0 spiro atoms. The zero-order valence-electron chi connectivity index (χ0n) is 11.0. The molecule has 0 saturated heterocycles. The largest absolute Gasteiger partial charge is 0.443 e. The molecule has 22 heavy (non-hydrogen) atoms. The average molecular weight is 306 g/mol. The summed E-state index contributed by atoms with van der Waals surface area (Å²) in [5.74, 6) is -0.503. The van der Waals surface area contributed by atoms with Crippen molar-refractivity contribution < 1.29 is 22.4 Å². The fourth-order valence-corrected chi connectivity index (χ4v) is 1.95. The van der Waals surface area contributed by atoms with Crippen molar-refractivity contribution in [3.63, 3.8) is 0 Å². The summed E-state index contributed by atoms with van der Waals surface area (Å²) >= 11 is 0. The zero-order chi connectivity index (χ0) is 15.7. The van der Waals surface area contributed by atoms with Crippen LogP contribution in [0.15, 0.2) is 53.3 Å². The minimum Gasteiger partial charge on any atom is -0.443 e. The number of nitrogens with one attached hydrogen (secondary N) is 1. The summed E-state index contributed by atoms with van der Waals surface area (Å²) in [6.45, 7) is 0. The maximum atomic E-state index is 12.5. The molecule has 112 valence electrons. The summed E-state index contributed by atoms with van der Waals surface area (Å²) in [5.41, 5.74) is 0.963. The standard InChI is InChI=1S/C15H9F3N2O2/c16-15(17,18)10-3-1-9(2-4-10)14(21)20-11-5-6-13-12(7-11)19-8-22-13/h1-8H,(H,20,21). The Morgan fingerprint density at radius 1 is 1.09 bits per heavy atom.